The van der Waals surface area contributed by atoms with Gasteiger partial charge in [-0.15, -0.1) is 0 Å². The van der Waals surface area contributed by atoms with E-state index >= 15 is 0 Å². The molecule has 0 bridgehead atoms. The molecule has 1 atom stereocenters. The average molecular weight is 246 g/mol. The lowest BCUT2D eigenvalue weighted by Gasteiger charge is -2.31. The number of aromatic hydroxyl groups is 1. The highest BCUT2D eigenvalue weighted by atomic mass is 16.3. The Balaban J connectivity index is 1.84. The predicted octanol–water partition coefficient (Wildman–Crippen LogP) is 1.46. The van der Waals surface area contributed by atoms with Crippen LogP contribution in [0.25, 0.3) is 5.65 Å². The zero-order valence-corrected chi connectivity index (χ0v) is 10.6. The van der Waals surface area contributed by atoms with Gasteiger partial charge in [0.2, 0.25) is 0 Å². The summed E-state index contributed by atoms with van der Waals surface area (Å²) in [4.78, 5) is 6.80. The van der Waals surface area contributed by atoms with Crippen LogP contribution >= 0.6 is 0 Å². The number of hydrogen-bond donors (Lipinski definition) is 1. The molecule has 0 spiro atoms. The van der Waals surface area contributed by atoms with Crippen molar-refractivity contribution in [2.45, 2.75) is 31.7 Å². The smallest absolute Gasteiger partial charge is 0.197 e. The van der Waals surface area contributed by atoms with E-state index in [-0.39, 0.29) is 5.75 Å². The minimum Gasteiger partial charge on any atom is -0.504 e. The van der Waals surface area contributed by atoms with Gasteiger partial charge in [0.25, 0.3) is 0 Å². The lowest BCUT2D eigenvalue weighted by Crippen LogP contribution is -2.37. The molecule has 0 radical (unpaired) electrons. The van der Waals surface area contributed by atoms with Crippen LogP contribution in [0.3, 0.4) is 0 Å². The van der Waals surface area contributed by atoms with Crippen LogP contribution in [0.5, 0.6) is 5.75 Å². The first-order chi connectivity index (χ1) is 8.74. The maximum absolute atomic E-state index is 9.71. The highest BCUT2D eigenvalue weighted by Gasteiger charge is 2.21. The maximum atomic E-state index is 9.71. The van der Waals surface area contributed by atoms with Gasteiger partial charge < -0.3 is 10.0 Å². The monoisotopic (exact) mass is 246 g/mol. The van der Waals surface area contributed by atoms with Crippen molar-refractivity contribution < 1.29 is 5.11 Å². The topological polar surface area (TPSA) is 53.7 Å². The Labute approximate surface area is 106 Å². The summed E-state index contributed by atoms with van der Waals surface area (Å²) in [6.45, 7) is 1.16. The molecule has 1 aliphatic rings. The fourth-order valence-electron chi connectivity index (χ4n) is 2.64. The van der Waals surface area contributed by atoms with Crippen LogP contribution in [0, 0.1) is 0 Å². The number of pyridine rings is 1. The van der Waals surface area contributed by atoms with E-state index in [0.717, 1.165) is 18.8 Å². The van der Waals surface area contributed by atoms with Crippen LogP contribution in [0.1, 0.15) is 25.1 Å². The van der Waals surface area contributed by atoms with Crippen molar-refractivity contribution in [1.29, 1.82) is 0 Å². The molecule has 18 heavy (non-hydrogen) atoms. The van der Waals surface area contributed by atoms with Crippen LogP contribution < -0.4 is 0 Å². The molecule has 0 saturated carbocycles. The van der Waals surface area contributed by atoms with Crippen LogP contribution in [-0.4, -0.2) is 44.2 Å². The molecule has 1 unspecified atom stereocenters. The summed E-state index contributed by atoms with van der Waals surface area (Å²) in [7, 11) is 2.16. The lowest BCUT2D eigenvalue weighted by molar-refractivity contribution is 0.182. The lowest BCUT2D eigenvalue weighted by atomic mass is 10.00. The number of piperidine rings is 1. The van der Waals surface area contributed by atoms with E-state index in [1.807, 2.05) is 6.20 Å². The maximum Gasteiger partial charge on any atom is 0.197 e. The molecule has 0 amide bonds. The molecule has 1 fully saturated rings. The summed E-state index contributed by atoms with van der Waals surface area (Å²) in [5.74, 6) is 1.00. The van der Waals surface area contributed by atoms with Gasteiger partial charge in [-0.05, 0) is 38.6 Å². The normalized spacial score (nSPS) is 21.5. The zero-order valence-electron chi connectivity index (χ0n) is 10.6. The third kappa shape index (κ3) is 2.06. The van der Waals surface area contributed by atoms with Gasteiger partial charge in [-0.1, -0.05) is 6.42 Å². The highest BCUT2D eigenvalue weighted by molar-refractivity contribution is 5.51. The van der Waals surface area contributed by atoms with Crippen LogP contribution in [0.15, 0.2) is 18.3 Å². The van der Waals surface area contributed by atoms with E-state index < -0.39 is 0 Å². The molecule has 5 heteroatoms. The Morgan fingerprint density at radius 3 is 3.11 bits per heavy atom. The SMILES string of the molecule is CN1CCCCC1Cc1nc2c(O)cccn2n1. The Morgan fingerprint density at radius 1 is 1.44 bits per heavy atom. The van der Waals surface area contributed by atoms with Crippen LogP contribution in [0.4, 0.5) is 0 Å². The van der Waals surface area contributed by atoms with Crippen LogP contribution in [-0.2, 0) is 6.42 Å². The third-order valence-electron chi connectivity index (χ3n) is 3.73. The van der Waals surface area contributed by atoms with Gasteiger partial charge in [0.05, 0.1) is 0 Å². The quantitative estimate of drug-likeness (QED) is 0.871. The fourth-order valence-corrected chi connectivity index (χ4v) is 2.64. The van der Waals surface area contributed by atoms with E-state index in [2.05, 4.69) is 22.0 Å². The number of rotatable bonds is 2. The standard InChI is InChI=1S/C13H18N4O/c1-16-7-3-2-5-10(16)9-12-14-13-11(18)6-4-8-17(13)15-12/h4,6,8,10,18H,2-3,5,7,9H2,1H3. The third-order valence-corrected chi connectivity index (χ3v) is 3.73. The summed E-state index contributed by atoms with van der Waals surface area (Å²) in [6.07, 6.45) is 6.45. The Bertz CT molecular complexity index is 551. The highest BCUT2D eigenvalue weighted by Crippen LogP contribution is 2.20. The van der Waals surface area contributed by atoms with E-state index in [1.165, 1.54) is 19.3 Å². The molecule has 2 aromatic rings. The first-order valence-electron chi connectivity index (χ1n) is 6.47. The number of hydrogen-bond acceptors (Lipinski definition) is 4. The summed E-state index contributed by atoms with van der Waals surface area (Å²) < 4.78 is 1.65. The van der Waals surface area contributed by atoms with Crippen LogP contribution in [0.2, 0.25) is 0 Å². The zero-order chi connectivity index (χ0) is 12.5. The van der Waals surface area contributed by atoms with Crippen molar-refractivity contribution in [3.8, 4) is 5.75 Å². The molecule has 3 heterocycles. The molecule has 0 aromatic carbocycles. The van der Waals surface area contributed by atoms with Crippen molar-refractivity contribution in [3.63, 3.8) is 0 Å². The van der Waals surface area contributed by atoms with E-state index in [4.69, 9.17) is 0 Å². The van der Waals surface area contributed by atoms with Gasteiger partial charge in [-0.3, -0.25) is 0 Å². The molecular weight excluding hydrogens is 228 g/mol. The first kappa shape index (κ1) is 11.5. The first-order valence-corrected chi connectivity index (χ1v) is 6.47. The Hall–Kier alpha value is -1.62. The number of aromatic nitrogens is 3. The van der Waals surface area contributed by atoms with Crippen molar-refractivity contribution in [3.05, 3.63) is 24.2 Å². The average Bonchev–Trinajstić information content (AvgIpc) is 2.76. The second kappa shape index (κ2) is 4.57. The molecule has 1 N–H and O–H groups in total. The summed E-state index contributed by atoms with van der Waals surface area (Å²) in [5, 5.41) is 14.1. The summed E-state index contributed by atoms with van der Waals surface area (Å²) in [5.41, 5.74) is 0.547. The van der Waals surface area contributed by atoms with Gasteiger partial charge in [0.1, 0.15) is 0 Å². The molecule has 1 saturated heterocycles. The van der Waals surface area contributed by atoms with Crippen molar-refractivity contribution in [2.75, 3.05) is 13.6 Å². The van der Waals surface area contributed by atoms with E-state index in [0.29, 0.717) is 11.7 Å². The van der Waals surface area contributed by atoms with Gasteiger partial charge in [-0.2, -0.15) is 5.10 Å². The van der Waals surface area contributed by atoms with Gasteiger partial charge >= 0.3 is 0 Å². The second-order valence-corrected chi connectivity index (χ2v) is 5.02. The molecule has 2 aromatic heterocycles. The van der Waals surface area contributed by atoms with Gasteiger partial charge in [0.15, 0.2) is 17.2 Å². The molecule has 5 nitrogen and oxygen atoms in total. The summed E-state index contributed by atoms with van der Waals surface area (Å²) >= 11 is 0. The van der Waals surface area contributed by atoms with E-state index in [9.17, 15) is 5.11 Å². The minimum atomic E-state index is 0.188. The number of nitrogens with zero attached hydrogens (tertiary/aromatic N) is 4. The molecule has 0 aliphatic carbocycles. The number of likely N-dealkylation sites (tertiary alicyclic amines) is 1. The van der Waals surface area contributed by atoms with Crippen molar-refractivity contribution >= 4 is 5.65 Å². The Morgan fingerprint density at radius 2 is 2.33 bits per heavy atom. The van der Waals surface area contributed by atoms with E-state index in [1.54, 1.807) is 16.6 Å². The Kier molecular flexibility index (Phi) is 2.91. The minimum absolute atomic E-state index is 0.188. The van der Waals surface area contributed by atoms with Crippen molar-refractivity contribution in [2.24, 2.45) is 0 Å². The molecule has 96 valence electrons. The van der Waals surface area contributed by atoms with Gasteiger partial charge in [0, 0.05) is 18.7 Å². The fraction of sp³-hybridized carbons (Fsp3) is 0.538. The molecule has 3 rings (SSSR count). The molecule has 1 aliphatic heterocycles. The largest absolute Gasteiger partial charge is 0.504 e. The number of fused-ring (bicyclic) bond motifs is 1. The predicted molar refractivity (Wildman–Crippen MR) is 68.6 cm³/mol. The van der Waals surface area contributed by atoms with Gasteiger partial charge in [-0.25, -0.2) is 9.50 Å². The second-order valence-electron chi connectivity index (χ2n) is 5.02. The summed E-state index contributed by atoms with van der Waals surface area (Å²) in [6, 6.07) is 3.94. The number of likely N-dealkylation sites (N-methyl/N-ethyl adjacent to an activating group) is 1. The molecular formula is C13H18N4O. The van der Waals surface area contributed by atoms with Crippen molar-refractivity contribution in [1.82, 2.24) is 19.5 Å².